The fourth-order valence-corrected chi connectivity index (χ4v) is 1.65. The monoisotopic (exact) mass is 200 g/mol. The van der Waals surface area contributed by atoms with Gasteiger partial charge in [-0.15, -0.1) is 0 Å². The number of thioether (sulfide) groups is 1. The van der Waals surface area contributed by atoms with E-state index in [4.69, 9.17) is 4.42 Å². The maximum Gasteiger partial charge on any atom is 0.113 e. The third-order valence-corrected chi connectivity index (χ3v) is 2.48. The number of nitrogens with one attached hydrogen (secondary N) is 1. The summed E-state index contributed by atoms with van der Waals surface area (Å²) in [7, 11) is 3.99. The van der Waals surface area contributed by atoms with Gasteiger partial charge >= 0.3 is 0 Å². The molecular weight excluding hydrogens is 184 g/mol. The van der Waals surface area contributed by atoms with Crippen molar-refractivity contribution in [3.8, 4) is 0 Å². The van der Waals surface area contributed by atoms with E-state index in [-0.39, 0.29) is 0 Å². The molecule has 0 spiro atoms. The van der Waals surface area contributed by atoms with Gasteiger partial charge in [-0.05, 0) is 12.1 Å². The first-order valence-corrected chi connectivity index (χ1v) is 5.45. The van der Waals surface area contributed by atoms with Gasteiger partial charge in [-0.3, -0.25) is 10.4 Å². The lowest BCUT2D eigenvalue weighted by atomic mass is 10.5. The standard InChI is InChI=1S/C9H16N2OS/c1-11(2)10-5-7-13-8-9-4-3-6-12-9/h3-4,6,10H,5,7-8H2,1-2H3. The Kier molecular flexibility index (Phi) is 4.97. The van der Waals surface area contributed by atoms with E-state index in [1.807, 2.05) is 43.0 Å². The van der Waals surface area contributed by atoms with Crippen LogP contribution in [-0.2, 0) is 5.75 Å². The zero-order chi connectivity index (χ0) is 9.52. The molecule has 74 valence electrons. The number of hydrazine groups is 1. The molecule has 1 aromatic rings. The molecule has 1 rings (SSSR count). The van der Waals surface area contributed by atoms with Crippen LogP contribution in [0, 0.1) is 0 Å². The van der Waals surface area contributed by atoms with Gasteiger partial charge in [-0.2, -0.15) is 11.8 Å². The lowest BCUT2D eigenvalue weighted by Gasteiger charge is -2.10. The summed E-state index contributed by atoms with van der Waals surface area (Å²) in [6.07, 6.45) is 1.72. The van der Waals surface area contributed by atoms with Crippen LogP contribution >= 0.6 is 11.8 Å². The zero-order valence-corrected chi connectivity index (χ0v) is 8.93. The summed E-state index contributed by atoms with van der Waals surface area (Å²) >= 11 is 1.87. The molecule has 0 radical (unpaired) electrons. The minimum Gasteiger partial charge on any atom is -0.468 e. The van der Waals surface area contributed by atoms with Crippen LogP contribution in [0.5, 0.6) is 0 Å². The highest BCUT2D eigenvalue weighted by molar-refractivity contribution is 7.98. The summed E-state index contributed by atoms with van der Waals surface area (Å²) in [6, 6.07) is 3.93. The smallest absolute Gasteiger partial charge is 0.113 e. The summed E-state index contributed by atoms with van der Waals surface area (Å²) in [4.78, 5) is 0. The molecule has 0 aliphatic rings. The van der Waals surface area contributed by atoms with Crippen LogP contribution in [0.2, 0.25) is 0 Å². The zero-order valence-electron chi connectivity index (χ0n) is 8.12. The highest BCUT2D eigenvalue weighted by atomic mass is 32.2. The van der Waals surface area contributed by atoms with E-state index < -0.39 is 0 Å². The minimum atomic E-state index is 0.960. The predicted molar refractivity (Wildman–Crippen MR) is 56.6 cm³/mol. The van der Waals surface area contributed by atoms with Gasteiger partial charge in [0.25, 0.3) is 0 Å². The number of furan rings is 1. The van der Waals surface area contributed by atoms with Crippen molar-refractivity contribution < 1.29 is 4.42 Å². The van der Waals surface area contributed by atoms with Crippen molar-refractivity contribution in [3.05, 3.63) is 24.2 Å². The molecule has 0 aromatic carbocycles. The highest BCUT2D eigenvalue weighted by Gasteiger charge is 1.95. The number of nitrogens with zero attached hydrogens (tertiary/aromatic N) is 1. The molecule has 0 bridgehead atoms. The second-order valence-corrected chi connectivity index (χ2v) is 4.04. The van der Waals surface area contributed by atoms with Crippen molar-refractivity contribution in [2.75, 3.05) is 26.4 Å². The Morgan fingerprint density at radius 3 is 3.00 bits per heavy atom. The average molecular weight is 200 g/mol. The number of hydrogen-bond acceptors (Lipinski definition) is 4. The average Bonchev–Trinajstić information content (AvgIpc) is 2.55. The molecule has 0 unspecified atom stereocenters. The van der Waals surface area contributed by atoms with Crippen LogP contribution < -0.4 is 5.43 Å². The molecule has 1 N–H and O–H groups in total. The van der Waals surface area contributed by atoms with Gasteiger partial charge in [0.15, 0.2) is 0 Å². The van der Waals surface area contributed by atoms with Gasteiger partial charge in [-0.1, -0.05) is 0 Å². The lowest BCUT2D eigenvalue weighted by molar-refractivity contribution is 0.300. The fraction of sp³-hybridized carbons (Fsp3) is 0.556. The Morgan fingerprint density at radius 1 is 1.54 bits per heavy atom. The molecule has 0 fully saturated rings. The van der Waals surface area contributed by atoms with E-state index in [0.717, 1.165) is 23.8 Å². The largest absolute Gasteiger partial charge is 0.468 e. The molecule has 0 saturated carbocycles. The first-order chi connectivity index (χ1) is 6.29. The third-order valence-electron chi connectivity index (χ3n) is 1.50. The van der Waals surface area contributed by atoms with Gasteiger partial charge < -0.3 is 4.42 Å². The minimum absolute atomic E-state index is 0.960. The van der Waals surface area contributed by atoms with Crippen molar-refractivity contribution in [1.82, 2.24) is 10.4 Å². The normalized spacial score (nSPS) is 11.0. The topological polar surface area (TPSA) is 28.4 Å². The molecular formula is C9H16N2OS. The van der Waals surface area contributed by atoms with E-state index in [0.29, 0.717) is 0 Å². The van der Waals surface area contributed by atoms with Gasteiger partial charge in [0.05, 0.1) is 12.0 Å². The molecule has 1 aromatic heterocycles. The quantitative estimate of drug-likeness (QED) is 0.557. The van der Waals surface area contributed by atoms with E-state index >= 15 is 0 Å². The van der Waals surface area contributed by atoms with Gasteiger partial charge in [0, 0.05) is 26.4 Å². The second-order valence-electron chi connectivity index (χ2n) is 2.93. The van der Waals surface area contributed by atoms with E-state index in [9.17, 15) is 0 Å². The molecule has 13 heavy (non-hydrogen) atoms. The van der Waals surface area contributed by atoms with Crippen molar-refractivity contribution in [1.29, 1.82) is 0 Å². The van der Waals surface area contributed by atoms with Crippen molar-refractivity contribution in [2.24, 2.45) is 0 Å². The number of hydrogen-bond donors (Lipinski definition) is 1. The first kappa shape index (κ1) is 10.6. The van der Waals surface area contributed by atoms with Crippen LogP contribution in [0.15, 0.2) is 22.8 Å². The maximum absolute atomic E-state index is 5.21. The van der Waals surface area contributed by atoms with Crippen LogP contribution in [0.1, 0.15) is 5.76 Å². The van der Waals surface area contributed by atoms with Gasteiger partial charge in [0.2, 0.25) is 0 Å². The van der Waals surface area contributed by atoms with Crippen molar-refractivity contribution >= 4 is 11.8 Å². The number of rotatable bonds is 6. The summed E-state index contributed by atoms with van der Waals surface area (Å²) in [6.45, 7) is 0.998. The van der Waals surface area contributed by atoms with Crippen LogP contribution in [0.25, 0.3) is 0 Å². The van der Waals surface area contributed by atoms with Crippen LogP contribution in [-0.4, -0.2) is 31.4 Å². The van der Waals surface area contributed by atoms with E-state index in [2.05, 4.69) is 5.43 Å². The Labute approximate surface area is 83.5 Å². The molecule has 0 amide bonds. The molecule has 0 saturated heterocycles. The summed E-state index contributed by atoms with van der Waals surface area (Å²) in [5.74, 6) is 3.11. The molecule has 0 atom stereocenters. The first-order valence-electron chi connectivity index (χ1n) is 4.30. The SMILES string of the molecule is CN(C)NCCSCc1ccco1. The summed E-state index contributed by atoms with van der Waals surface area (Å²) in [5.41, 5.74) is 3.21. The predicted octanol–water partition coefficient (Wildman–Crippen LogP) is 1.58. The van der Waals surface area contributed by atoms with Crippen LogP contribution in [0.4, 0.5) is 0 Å². The Morgan fingerprint density at radius 2 is 2.38 bits per heavy atom. The Bertz CT molecular complexity index is 211. The Balaban J connectivity index is 1.96. The molecule has 4 heteroatoms. The molecule has 3 nitrogen and oxygen atoms in total. The van der Waals surface area contributed by atoms with Crippen molar-refractivity contribution in [3.63, 3.8) is 0 Å². The lowest BCUT2D eigenvalue weighted by Crippen LogP contribution is -2.32. The fourth-order valence-electron chi connectivity index (χ4n) is 0.909. The van der Waals surface area contributed by atoms with E-state index in [1.54, 1.807) is 6.26 Å². The van der Waals surface area contributed by atoms with E-state index in [1.165, 1.54) is 0 Å². The maximum atomic E-state index is 5.21. The summed E-state index contributed by atoms with van der Waals surface area (Å²) in [5, 5.41) is 1.97. The second kappa shape index (κ2) is 6.07. The molecule has 1 heterocycles. The third kappa shape index (κ3) is 4.98. The van der Waals surface area contributed by atoms with Crippen LogP contribution in [0.3, 0.4) is 0 Å². The highest BCUT2D eigenvalue weighted by Crippen LogP contribution is 2.11. The van der Waals surface area contributed by atoms with Crippen molar-refractivity contribution in [2.45, 2.75) is 5.75 Å². The summed E-state index contributed by atoms with van der Waals surface area (Å²) < 4.78 is 5.21. The van der Waals surface area contributed by atoms with Gasteiger partial charge in [0.1, 0.15) is 5.76 Å². The Hall–Kier alpha value is -0.450. The molecule has 0 aliphatic carbocycles. The molecule has 0 aliphatic heterocycles. The van der Waals surface area contributed by atoms with Gasteiger partial charge in [-0.25, -0.2) is 0 Å².